The van der Waals surface area contributed by atoms with Gasteiger partial charge in [0.05, 0.1) is 12.2 Å². The van der Waals surface area contributed by atoms with Crippen LogP contribution in [-0.4, -0.2) is 39.9 Å². The van der Waals surface area contributed by atoms with E-state index < -0.39 is 0 Å². The molecule has 0 saturated heterocycles. The Morgan fingerprint density at radius 3 is 2.61 bits per heavy atom. The first-order valence-electron chi connectivity index (χ1n) is 9.42. The van der Waals surface area contributed by atoms with Crippen molar-refractivity contribution in [3.63, 3.8) is 0 Å². The second kappa shape index (κ2) is 5.27. The number of hydrogen-bond donors (Lipinski definition) is 3. The molecular formula is C19H30O4. The van der Waals surface area contributed by atoms with Gasteiger partial charge in [-0.1, -0.05) is 6.92 Å². The van der Waals surface area contributed by atoms with Gasteiger partial charge in [-0.15, -0.1) is 0 Å². The second-order valence-electron chi connectivity index (χ2n) is 9.06. The zero-order chi connectivity index (χ0) is 16.4. The zero-order valence-electron chi connectivity index (χ0n) is 14.1. The number of carbonyl (C=O) groups is 1. The van der Waals surface area contributed by atoms with Gasteiger partial charge in [-0.2, -0.15) is 0 Å². The fraction of sp³-hybridized carbons (Fsp3) is 0.947. The average Bonchev–Trinajstić information content (AvgIpc) is 2.84. The minimum Gasteiger partial charge on any atom is -0.396 e. The second-order valence-corrected chi connectivity index (χ2v) is 9.06. The molecule has 4 aliphatic rings. The van der Waals surface area contributed by atoms with Gasteiger partial charge in [-0.3, -0.25) is 4.79 Å². The highest BCUT2D eigenvalue weighted by Gasteiger charge is 2.63. The van der Waals surface area contributed by atoms with Crippen molar-refractivity contribution in [2.24, 2.45) is 34.5 Å². The fourth-order valence-electron chi connectivity index (χ4n) is 7.07. The molecule has 8 atom stereocenters. The van der Waals surface area contributed by atoms with Crippen LogP contribution in [0.25, 0.3) is 0 Å². The monoisotopic (exact) mass is 322 g/mol. The molecule has 0 aromatic heterocycles. The first kappa shape index (κ1) is 16.0. The fourth-order valence-corrected chi connectivity index (χ4v) is 7.07. The van der Waals surface area contributed by atoms with Crippen molar-refractivity contribution < 1.29 is 20.1 Å². The molecule has 0 bridgehead atoms. The number of carbonyl (C=O) groups excluding carboxylic acids is 1. The van der Waals surface area contributed by atoms with Crippen LogP contribution in [0.4, 0.5) is 0 Å². The van der Waals surface area contributed by atoms with Gasteiger partial charge in [0.25, 0.3) is 0 Å². The van der Waals surface area contributed by atoms with E-state index in [4.69, 9.17) is 0 Å². The number of fused-ring (bicyclic) bond motifs is 5. The summed E-state index contributed by atoms with van der Waals surface area (Å²) in [5.74, 6) is 1.21. The van der Waals surface area contributed by atoms with Crippen molar-refractivity contribution in [2.45, 2.75) is 70.5 Å². The summed E-state index contributed by atoms with van der Waals surface area (Å²) in [6.45, 7) is 2.28. The maximum atomic E-state index is 12.9. The number of ketones is 1. The third-order valence-corrected chi connectivity index (χ3v) is 8.39. The Morgan fingerprint density at radius 1 is 1.09 bits per heavy atom. The molecule has 0 amide bonds. The van der Waals surface area contributed by atoms with Crippen LogP contribution >= 0.6 is 0 Å². The normalized spacial score (nSPS) is 55.9. The van der Waals surface area contributed by atoms with Crippen molar-refractivity contribution in [1.29, 1.82) is 0 Å². The summed E-state index contributed by atoms with van der Waals surface area (Å²) in [6.07, 6.45) is 5.87. The van der Waals surface area contributed by atoms with Gasteiger partial charge in [0.15, 0.2) is 0 Å². The van der Waals surface area contributed by atoms with Crippen LogP contribution in [0, 0.1) is 34.5 Å². The lowest BCUT2D eigenvalue weighted by molar-refractivity contribution is -0.173. The van der Waals surface area contributed by atoms with Crippen molar-refractivity contribution in [3.8, 4) is 0 Å². The molecule has 0 aromatic rings. The zero-order valence-corrected chi connectivity index (χ0v) is 14.1. The smallest absolute Gasteiger partial charge is 0.137 e. The van der Waals surface area contributed by atoms with Gasteiger partial charge in [0.2, 0.25) is 0 Å². The molecule has 0 spiro atoms. The lowest BCUT2D eigenvalue weighted by atomic mass is 9.44. The third-order valence-electron chi connectivity index (χ3n) is 8.39. The largest absolute Gasteiger partial charge is 0.396 e. The summed E-state index contributed by atoms with van der Waals surface area (Å²) in [4.78, 5) is 12.9. The van der Waals surface area contributed by atoms with Crippen LogP contribution in [0.2, 0.25) is 0 Å². The molecule has 0 heterocycles. The maximum Gasteiger partial charge on any atom is 0.137 e. The van der Waals surface area contributed by atoms with Gasteiger partial charge in [-0.05, 0) is 68.1 Å². The Kier molecular flexibility index (Phi) is 3.68. The van der Waals surface area contributed by atoms with Crippen LogP contribution in [0.3, 0.4) is 0 Å². The van der Waals surface area contributed by atoms with Crippen molar-refractivity contribution in [1.82, 2.24) is 0 Å². The van der Waals surface area contributed by atoms with Gasteiger partial charge in [-0.25, -0.2) is 0 Å². The average molecular weight is 322 g/mol. The SMILES string of the molecule is C[C@]12CC[C@H]3[C@@H](CC(=O)[C@H]4C[C@@H](O)CC[C@@]43CO)[C@@H]1CC[C@@H]2O. The molecule has 4 aliphatic carbocycles. The highest BCUT2D eigenvalue weighted by Crippen LogP contribution is 2.65. The quantitative estimate of drug-likeness (QED) is 0.689. The molecule has 23 heavy (non-hydrogen) atoms. The lowest BCUT2D eigenvalue weighted by Crippen LogP contribution is -2.59. The Bertz CT molecular complexity index is 506. The molecular weight excluding hydrogens is 292 g/mol. The van der Waals surface area contributed by atoms with Crippen LogP contribution in [0.1, 0.15) is 58.3 Å². The molecule has 4 nitrogen and oxygen atoms in total. The molecule has 3 N–H and O–H groups in total. The molecule has 0 unspecified atom stereocenters. The summed E-state index contributed by atoms with van der Waals surface area (Å²) in [7, 11) is 0. The summed E-state index contributed by atoms with van der Waals surface area (Å²) in [6, 6.07) is 0. The molecule has 0 radical (unpaired) electrons. The van der Waals surface area contributed by atoms with Crippen LogP contribution in [-0.2, 0) is 4.79 Å². The third kappa shape index (κ3) is 2.04. The van der Waals surface area contributed by atoms with E-state index in [0.29, 0.717) is 37.0 Å². The van der Waals surface area contributed by atoms with Crippen molar-refractivity contribution >= 4 is 5.78 Å². The van der Waals surface area contributed by atoms with E-state index in [2.05, 4.69) is 6.92 Å². The first-order chi connectivity index (χ1) is 10.9. The highest BCUT2D eigenvalue weighted by atomic mass is 16.3. The molecule has 4 rings (SSSR count). The van der Waals surface area contributed by atoms with Crippen molar-refractivity contribution in [3.05, 3.63) is 0 Å². The number of rotatable bonds is 1. The standard InChI is InChI=1S/C19H30O4/c1-18-6-5-14-12(13(18)2-3-17(18)23)9-16(22)15-8-11(21)4-7-19(14,15)10-20/h11-15,17,20-21,23H,2-10H2,1H3/t11-,12-,13-,14-,15+,17-,18-,19-/m0/s1. The predicted molar refractivity (Wildman–Crippen MR) is 85.5 cm³/mol. The summed E-state index contributed by atoms with van der Waals surface area (Å²) in [5.41, 5.74) is -0.354. The topological polar surface area (TPSA) is 77.8 Å². The van der Waals surface area contributed by atoms with E-state index in [0.717, 1.165) is 32.1 Å². The van der Waals surface area contributed by atoms with Gasteiger partial charge in [0.1, 0.15) is 5.78 Å². The number of Topliss-reactive ketones (excluding diaryl/α,β-unsaturated/α-hetero) is 1. The number of hydrogen-bond acceptors (Lipinski definition) is 4. The van der Waals surface area contributed by atoms with Gasteiger partial charge in [0, 0.05) is 24.4 Å². The molecule has 130 valence electrons. The van der Waals surface area contributed by atoms with Crippen LogP contribution < -0.4 is 0 Å². The van der Waals surface area contributed by atoms with Crippen molar-refractivity contribution in [2.75, 3.05) is 6.61 Å². The molecule has 4 fully saturated rings. The summed E-state index contributed by atoms with van der Waals surface area (Å²) >= 11 is 0. The predicted octanol–water partition coefficient (Wildman–Crippen LogP) is 1.90. The number of aliphatic hydroxyl groups is 3. The summed E-state index contributed by atoms with van der Waals surface area (Å²) < 4.78 is 0. The van der Waals surface area contributed by atoms with Gasteiger partial charge >= 0.3 is 0 Å². The first-order valence-corrected chi connectivity index (χ1v) is 9.42. The minimum atomic E-state index is -0.387. The Labute approximate surface area is 138 Å². The van der Waals surface area contributed by atoms with E-state index in [1.807, 2.05) is 0 Å². The van der Waals surface area contributed by atoms with E-state index >= 15 is 0 Å². The molecule has 4 saturated carbocycles. The molecule has 4 heteroatoms. The minimum absolute atomic E-state index is 0.0425. The van der Waals surface area contributed by atoms with Crippen LogP contribution in [0.15, 0.2) is 0 Å². The Morgan fingerprint density at radius 2 is 1.87 bits per heavy atom. The number of aliphatic hydroxyl groups excluding tert-OH is 3. The van der Waals surface area contributed by atoms with E-state index in [-0.39, 0.29) is 41.3 Å². The van der Waals surface area contributed by atoms with Gasteiger partial charge < -0.3 is 15.3 Å². The Hall–Kier alpha value is -0.450. The highest BCUT2D eigenvalue weighted by molar-refractivity contribution is 5.83. The summed E-state index contributed by atoms with van der Waals surface area (Å²) in [5, 5.41) is 30.8. The van der Waals surface area contributed by atoms with E-state index in [1.54, 1.807) is 0 Å². The van der Waals surface area contributed by atoms with E-state index in [9.17, 15) is 20.1 Å². The van der Waals surface area contributed by atoms with Crippen LogP contribution in [0.5, 0.6) is 0 Å². The Balaban J connectivity index is 1.71. The maximum absolute atomic E-state index is 12.9. The molecule has 0 aliphatic heterocycles. The lowest BCUT2D eigenvalue weighted by Gasteiger charge is -2.60. The van der Waals surface area contributed by atoms with E-state index in [1.165, 1.54) is 0 Å². The molecule has 0 aromatic carbocycles.